The average molecular weight is 466 g/mol. The van der Waals surface area contributed by atoms with Gasteiger partial charge in [-0.2, -0.15) is 0 Å². The van der Waals surface area contributed by atoms with Crippen LogP contribution < -0.4 is 5.32 Å². The zero-order chi connectivity index (χ0) is 23.8. The number of amides is 1. The molecule has 35 heavy (non-hydrogen) atoms. The van der Waals surface area contributed by atoms with Crippen molar-refractivity contribution >= 4 is 29.0 Å². The Kier molecular flexibility index (Phi) is 5.86. The van der Waals surface area contributed by atoms with Gasteiger partial charge in [-0.15, -0.1) is 0 Å². The Balaban J connectivity index is 1.29. The number of carbonyl (C=O) groups is 2. The summed E-state index contributed by atoms with van der Waals surface area (Å²) < 4.78 is 0. The standard InChI is InChI=1S/C30H31N3O2/c34-29(19-33-14-5-2-6-15-33)21-12-13-28-24(16-21)26(30(35)32-28)18-22-17-25-23(10-7-11-27(25)31-22)20-8-3-1-4-9-20/h1,3-4,8-9,12-13,16-18,23,31H,2,5-7,10-11,14-15,19H2,(H,32,35). The van der Waals surface area contributed by atoms with Gasteiger partial charge in [0.25, 0.3) is 5.91 Å². The molecule has 1 aliphatic carbocycles. The van der Waals surface area contributed by atoms with Gasteiger partial charge in [0.05, 0.1) is 12.1 Å². The highest BCUT2D eigenvalue weighted by molar-refractivity contribution is 6.35. The number of H-pyrrole nitrogens is 1. The number of Topliss-reactive ketones (excluding diaryl/α,β-unsaturated/α-hetero) is 1. The predicted molar refractivity (Wildman–Crippen MR) is 140 cm³/mol. The Morgan fingerprint density at radius 2 is 1.83 bits per heavy atom. The molecule has 1 unspecified atom stereocenters. The summed E-state index contributed by atoms with van der Waals surface area (Å²) in [5.74, 6) is 0.384. The van der Waals surface area contributed by atoms with Gasteiger partial charge in [-0.1, -0.05) is 36.8 Å². The minimum absolute atomic E-state index is 0.118. The quantitative estimate of drug-likeness (QED) is 0.378. The minimum Gasteiger partial charge on any atom is -0.359 e. The summed E-state index contributed by atoms with van der Waals surface area (Å²) in [4.78, 5) is 31.7. The first-order chi connectivity index (χ1) is 17.2. The van der Waals surface area contributed by atoms with Crippen LogP contribution in [-0.4, -0.2) is 41.2 Å². The van der Waals surface area contributed by atoms with Crippen molar-refractivity contribution in [2.24, 2.45) is 0 Å². The van der Waals surface area contributed by atoms with Crippen LogP contribution in [0, 0.1) is 0 Å². The van der Waals surface area contributed by atoms with Crippen molar-refractivity contribution in [3.8, 4) is 0 Å². The van der Waals surface area contributed by atoms with Gasteiger partial charge in [-0.3, -0.25) is 14.5 Å². The number of nitrogens with zero attached hydrogens (tertiary/aromatic N) is 1. The molecule has 2 N–H and O–H groups in total. The molecule has 1 aromatic heterocycles. The monoisotopic (exact) mass is 465 g/mol. The van der Waals surface area contributed by atoms with Crippen molar-refractivity contribution < 1.29 is 9.59 Å². The van der Waals surface area contributed by atoms with E-state index in [0.29, 0.717) is 23.6 Å². The van der Waals surface area contributed by atoms with E-state index in [-0.39, 0.29) is 11.7 Å². The summed E-state index contributed by atoms with van der Waals surface area (Å²) in [6.45, 7) is 2.43. The minimum atomic E-state index is -0.118. The molecular weight excluding hydrogens is 434 g/mol. The van der Waals surface area contributed by atoms with Crippen molar-refractivity contribution in [2.45, 2.75) is 44.4 Å². The Hall–Kier alpha value is -3.44. The Bertz CT molecular complexity index is 1300. The second-order valence-electron chi connectivity index (χ2n) is 10.0. The van der Waals surface area contributed by atoms with Crippen LogP contribution in [0.3, 0.4) is 0 Å². The topological polar surface area (TPSA) is 65.2 Å². The molecule has 0 spiro atoms. The molecule has 2 aromatic carbocycles. The van der Waals surface area contributed by atoms with Gasteiger partial charge >= 0.3 is 0 Å². The van der Waals surface area contributed by atoms with Crippen LogP contribution in [0.25, 0.3) is 11.6 Å². The lowest BCUT2D eigenvalue weighted by Crippen LogP contribution is -2.34. The highest BCUT2D eigenvalue weighted by atomic mass is 16.2. The Labute approximate surface area is 206 Å². The van der Waals surface area contributed by atoms with Crippen LogP contribution in [-0.2, 0) is 11.2 Å². The second-order valence-corrected chi connectivity index (χ2v) is 10.0. The molecule has 2 aliphatic heterocycles. The van der Waals surface area contributed by atoms with E-state index in [1.165, 1.54) is 23.2 Å². The van der Waals surface area contributed by atoms with Crippen LogP contribution in [0.2, 0.25) is 0 Å². The van der Waals surface area contributed by atoms with E-state index in [4.69, 9.17) is 0 Å². The number of ketones is 1. The number of hydrogen-bond donors (Lipinski definition) is 2. The van der Waals surface area contributed by atoms with Gasteiger partial charge in [-0.25, -0.2) is 0 Å². The van der Waals surface area contributed by atoms with Crippen molar-refractivity contribution in [3.05, 3.63) is 88.2 Å². The summed E-state index contributed by atoms with van der Waals surface area (Å²) in [6.07, 6.45) is 8.83. The molecule has 0 radical (unpaired) electrons. The van der Waals surface area contributed by atoms with Crippen LogP contribution >= 0.6 is 0 Å². The van der Waals surface area contributed by atoms with Crippen LogP contribution in [0.4, 0.5) is 5.69 Å². The number of aromatic amines is 1. The molecule has 1 amide bonds. The zero-order valence-electron chi connectivity index (χ0n) is 20.0. The maximum absolute atomic E-state index is 13.0. The van der Waals surface area contributed by atoms with E-state index < -0.39 is 0 Å². The molecule has 3 aromatic rings. The van der Waals surface area contributed by atoms with Gasteiger partial charge in [0.2, 0.25) is 0 Å². The van der Waals surface area contributed by atoms with E-state index in [2.05, 4.69) is 51.6 Å². The maximum Gasteiger partial charge on any atom is 0.256 e. The molecule has 1 atom stereocenters. The summed E-state index contributed by atoms with van der Waals surface area (Å²) in [7, 11) is 0. The highest BCUT2D eigenvalue weighted by Crippen LogP contribution is 2.39. The number of carbonyl (C=O) groups excluding carboxylic acids is 2. The smallest absolute Gasteiger partial charge is 0.256 e. The molecule has 1 saturated heterocycles. The van der Waals surface area contributed by atoms with Gasteiger partial charge in [0.1, 0.15) is 0 Å². The normalized spacial score (nSPS) is 21.0. The van der Waals surface area contributed by atoms with Crippen molar-refractivity contribution in [3.63, 3.8) is 0 Å². The van der Waals surface area contributed by atoms with Crippen LogP contribution in [0.15, 0.2) is 54.6 Å². The molecule has 0 saturated carbocycles. The number of fused-ring (bicyclic) bond motifs is 2. The molecule has 178 valence electrons. The lowest BCUT2D eigenvalue weighted by atomic mass is 9.82. The molecule has 5 nitrogen and oxygen atoms in total. The molecule has 0 bridgehead atoms. The number of piperidine rings is 1. The van der Waals surface area contributed by atoms with Gasteiger partial charge in [0, 0.05) is 34.1 Å². The van der Waals surface area contributed by atoms with Crippen molar-refractivity contribution in [1.29, 1.82) is 0 Å². The van der Waals surface area contributed by atoms with Crippen LogP contribution in [0.5, 0.6) is 0 Å². The van der Waals surface area contributed by atoms with Gasteiger partial charge in [0.15, 0.2) is 5.78 Å². The molecular formula is C30H31N3O2. The first kappa shape index (κ1) is 22.1. The van der Waals surface area contributed by atoms with E-state index in [1.807, 2.05) is 24.3 Å². The van der Waals surface area contributed by atoms with Gasteiger partial charge < -0.3 is 10.3 Å². The number of aryl methyl sites for hydroxylation is 1. The molecule has 6 rings (SSSR count). The lowest BCUT2D eigenvalue weighted by molar-refractivity contribution is -0.110. The van der Waals surface area contributed by atoms with Gasteiger partial charge in [-0.05, 0) is 86.7 Å². The van der Waals surface area contributed by atoms with E-state index in [0.717, 1.165) is 62.1 Å². The second kappa shape index (κ2) is 9.31. The van der Waals surface area contributed by atoms with Crippen molar-refractivity contribution in [2.75, 3.05) is 25.0 Å². The highest BCUT2D eigenvalue weighted by Gasteiger charge is 2.28. The zero-order valence-corrected chi connectivity index (χ0v) is 20.0. The number of benzene rings is 2. The molecule has 5 heteroatoms. The first-order valence-electron chi connectivity index (χ1n) is 12.9. The predicted octanol–water partition coefficient (Wildman–Crippen LogP) is 5.64. The van der Waals surface area contributed by atoms with Crippen LogP contribution in [0.1, 0.15) is 76.5 Å². The largest absolute Gasteiger partial charge is 0.359 e. The summed E-state index contributed by atoms with van der Waals surface area (Å²) in [6, 6.07) is 18.5. The number of likely N-dealkylation sites (tertiary alicyclic amines) is 1. The summed E-state index contributed by atoms with van der Waals surface area (Å²) in [5.41, 5.74) is 7.75. The van der Waals surface area contributed by atoms with E-state index in [1.54, 1.807) is 0 Å². The van der Waals surface area contributed by atoms with E-state index in [9.17, 15) is 9.59 Å². The third kappa shape index (κ3) is 4.37. The molecule has 1 fully saturated rings. The first-order valence-corrected chi connectivity index (χ1v) is 12.9. The Morgan fingerprint density at radius 1 is 1.00 bits per heavy atom. The fourth-order valence-corrected chi connectivity index (χ4v) is 5.87. The average Bonchev–Trinajstić information content (AvgIpc) is 3.45. The Morgan fingerprint density at radius 3 is 2.66 bits per heavy atom. The lowest BCUT2D eigenvalue weighted by Gasteiger charge is -2.25. The molecule has 3 aliphatic rings. The maximum atomic E-state index is 13.0. The molecule has 3 heterocycles. The fraction of sp³-hybridized carbons (Fsp3) is 0.333. The summed E-state index contributed by atoms with van der Waals surface area (Å²) in [5, 5.41) is 2.97. The SMILES string of the molecule is O=C1Nc2ccc(C(=O)CN3CCCCC3)cc2C1=Cc1cc2c([nH]1)CCCC2c1ccccc1. The number of nitrogens with one attached hydrogen (secondary N) is 2. The fourth-order valence-electron chi connectivity index (χ4n) is 5.87. The van der Waals surface area contributed by atoms with E-state index >= 15 is 0 Å². The third-order valence-corrected chi connectivity index (χ3v) is 7.69. The third-order valence-electron chi connectivity index (χ3n) is 7.69. The van der Waals surface area contributed by atoms with Crippen molar-refractivity contribution in [1.82, 2.24) is 9.88 Å². The number of aromatic nitrogens is 1. The number of hydrogen-bond acceptors (Lipinski definition) is 3. The number of rotatable bonds is 5. The number of anilines is 1. The summed E-state index contributed by atoms with van der Waals surface area (Å²) >= 11 is 0.